The maximum atomic E-state index is 13.4. The minimum absolute atomic E-state index is 0.0642. The number of halogens is 1. The number of nitrogen functional groups attached to an aromatic ring is 1. The van der Waals surface area contributed by atoms with Crippen LogP contribution >= 0.6 is 0 Å². The maximum absolute atomic E-state index is 13.4. The highest BCUT2D eigenvalue weighted by atomic mass is 19.1. The zero-order chi connectivity index (χ0) is 15.6. The van der Waals surface area contributed by atoms with Crippen molar-refractivity contribution < 1.29 is 9.18 Å². The molecule has 108 valence electrons. The molecule has 21 heavy (non-hydrogen) atoms. The molecule has 0 unspecified atom stereocenters. The standard InChI is InChI=1S/C14H14FN5O/c1-8-14(17)9(2)20(19-8)7-13(21)18-12-5-3-4-11(15)10(12)6-16/h3-5H,7,17H2,1-2H3,(H,18,21). The van der Waals surface area contributed by atoms with E-state index in [0.29, 0.717) is 17.1 Å². The van der Waals surface area contributed by atoms with E-state index in [2.05, 4.69) is 10.4 Å². The lowest BCUT2D eigenvalue weighted by atomic mass is 10.2. The van der Waals surface area contributed by atoms with Crippen molar-refractivity contribution in [3.63, 3.8) is 0 Å². The fraction of sp³-hybridized carbons (Fsp3) is 0.214. The van der Waals surface area contributed by atoms with Gasteiger partial charge in [0.15, 0.2) is 0 Å². The van der Waals surface area contributed by atoms with E-state index in [9.17, 15) is 9.18 Å². The first-order valence-electron chi connectivity index (χ1n) is 6.22. The number of carbonyl (C=O) groups is 1. The predicted octanol–water partition coefficient (Wildman–Crippen LogP) is 1.73. The quantitative estimate of drug-likeness (QED) is 0.898. The zero-order valence-corrected chi connectivity index (χ0v) is 11.6. The summed E-state index contributed by atoms with van der Waals surface area (Å²) in [6, 6.07) is 5.78. The number of anilines is 2. The average molecular weight is 287 g/mol. The summed E-state index contributed by atoms with van der Waals surface area (Å²) < 4.78 is 14.9. The molecule has 0 fully saturated rings. The Kier molecular flexibility index (Phi) is 3.89. The Morgan fingerprint density at radius 1 is 1.52 bits per heavy atom. The van der Waals surface area contributed by atoms with Gasteiger partial charge in [0.25, 0.3) is 0 Å². The summed E-state index contributed by atoms with van der Waals surface area (Å²) in [6.45, 7) is 3.44. The van der Waals surface area contributed by atoms with Gasteiger partial charge in [0.1, 0.15) is 24.0 Å². The van der Waals surface area contributed by atoms with E-state index in [4.69, 9.17) is 11.0 Å². The first kappa shape index (κ1) is 14.5. The molecule has 1 aromatic carbocycles. The van der Waals surface area contributed by atoms with Crippen LogP contribution < -0.4 is 11.1 Å². The van der Waals surface area contributed by atoms with Gasteiger partial charge in [-0.1, -0.05) is 6.07 Å². The molecule has 1 aromatic heterocycles. The highest BCUT2D eigenvalue weighted by Crippen LogP contribution is 2.18. The number of aromatic nitrogens is 2. The number of hydrogen-bond donors (Lipinski definition) is 2. The monoisotopic (exact) mass is 287 g/mol. The second-order valence-corrected chi connectivity index (χ2v) is 4.56. The van der Waals surface area contributed by atoms with Crippen LogP contribution in [0.1, 0.15) is 17.0 Å². The van der Waals surface area contributed by atoms with Gasteiger partial charge in [0, 0.05) is 0 Å². The number of nitrogens with one attached hydrogen (secondary N) is 1. The summed E-state index contributed by atoms with van der Waals surface area (Å²) in [5.41, 5.74) is 7.59. The second kappa shape index (κ2) is 5.63. The Labute approximate surface area is 121 Å². The van der Waals surface area contributed by atoms with Gasteiger partial charge < -0.3 is 11.1 Å². The van der Waals surface area contributed by atoms with E-state index in [-0.39, 0.29) is 17.8 Å². The smallest absolute Gasteiger partial charge is 0.246 e. The fourth-order valence-corrected chi connectivity index (χ4v) is 1.93. The van der Waals surface area contributed by atoms with Crippen LogP contribution in [0.3, 0.4) is 0 Å². The number of nitrogens with two attached hydrogens (primary N) is 1. The fourth-order valence-electron chi connectivity index (χ4n) is 1.93. The van der Waals surface area contributed by atoms with Crippen molar-refractivity contribution in [1.82, 2.24) is 9.78 Å². The number of nitriles is 1. The van der Waals surface area contributed by atoms with Crippen LogP contribution in [0.4, 0.5) is 15.8 Å². The van der Waals surface area contributed by atoms with E-state index in [0.717, 1.165) is 6.07 Å². The van der Waals surface area contributed by atoms with Crippen molar-refractivity contribution in [3.8, 4) is 6.07 Å². The summed E-state index contributed by atoms with van der Waals surface area (Å²) >= 11 is 0. The number of amides is 1. The van der Waals surface area contributed by atoms with Crippen molar-refractivity contribution in [1.29, 1.82) is 5.26 Å². The van der Waals surface area contributed by atoms with Gasteiger partial charge >= 0.3 is 0 Å². The van der Waals surface area contributed by atoms with Gasteiger partial charge in [-0.3, -0.25) is 9.48 Å². The first-order valence-corrected chi connectivity index (χ1v) is 6.22. The summed E-state index contributed by atoms with van der Waals surface area (Å²) in [5.74, 6) is -1.09. The minimum atomic E-state index is -0.675. The van der Waals surface area contributed by atoms with Gasteiger partial charge in [-0.25, -0.2) is 4.39 Å². The Hall–Kier alpha value is -2.88. The van der Waals surface area contributed by atoms with Gasteiger partial charge in [-0.2, -0.15) is 10.4 Å². The van der Waals surface area contributed by atoms with Crippen LogP contribution in [-0.4, -0.2) is 15.7 Å². The molecule has 3 N–H and O–H groups in total. The number of nitrogens with zero attached hydrogens (tertiary/aromatic N) is 3. The largest absolute Gasteiger partial charge is 0.396 e. The molecular weight excluding hydrogens is 273 g/mol. The Morgan fingerprint density at radius 3 is 2.81 bits per heavy atom. The molecule has 6 nitrogen and oxygen atoms in total. The average Bonchev–Trinajstić information content (AvgIpc) is 2.66. The van der Waals surface area contributed by atoms with E-state index in [1.807, 2.05) is 0 Å². The molecule has 2 rings (SSSR count). The van der Waals surface area contributed by atoms with Gasteiger partial charge in [-0.15, -0.1) is 0 Å². The molecule has 0 spiro atoms. The highest BCUT2D eigenvalue weighted by molar-refractivity contribution is 5.92. The van der Waals surface area contributed by atoms with Crippen LogP contribution in [0.15, 0.2) is 18.2 Å². The van der Waals surface area contributed by atoms with Crippen molar-refractivity contribution in [2.75, 3.05) is 11.1 Å². The molecule has 1 heterocycles. The van der Waals surface area contributed by atoms with E-state index >= 15 is 0 Å². The predicted molar refractivity (Wildman–Crippen MR) is 75.9 cm³/mol. The lowest BCUT2D eigenvalue weighted by Gasteiger charge is -2.08. The van der Waals surface area contributed by atoms with E-state index < -0.39 is 11.7 Å². The molecule has 0 saturated heterocycles. The van der Waals surface area contributed by atoms with Crippen molar-refractivity contribution in [2.45, 2.75) is 20.4 Å². The Balaban J connectivity index is 2.18. The topological polar surface area (TPSA) is 96.7 Å². The zero-order valence-electron chi connectivity index (χ0n) is 11.6. The molecule has 0 aliphatic carbocycles. The highest BCUT2D eigenvalue weighted by Gasteiger charge is 2.14. The molecule has 7 heteroatoms. The summed E-state index contributed by atoms with van der Waals surface area (Å²) in [7, 11) is 0. The van der Waals surface area contributed by atoms with Gasteiger partial charge in [-0.05, 0) is 26.0 Å². The molecule has 0 aliphatic heterocycles. The van der Waals surface area contributed by atoms with Gasteiger partial charge in [0.2, 0.25) is 5.91 Å². The Bertz CT molecular complexity index is 745. The van der Waals surface area contributed by atoms with Crippen LogP contribution in [0.2, 0.25) is 0 Å². The third-order valence-corrected chi connectivity index (χ3v) is 3.13. The molecule has 0 aliphatic rings. The molecule has 2 aromatic rings. The molecule has 0 saturated carbocycles. The SMILES string of the molecule is Cc1nn(CC(=O)Nc2cccc(F)c2C#N)c(C)c1N. The number of aryl methyl sites for hydroxylation is 1. The molecular formula is C14H14FN5O. The third kappa shape index (κ3) is 2.84. The molecule has 0 atom stereocenters. The number of hydrogen-bond acceptors (Lipinski definition) is 4. The molecule has 1 amide bonds. The van der Waals surface area contributed by atoms with Crippen LogP contribution in [0.5, 0.6) is 0 Å². The third-order valence-electron chi connectivity index (χ3n) is 3.13. The second-order valence-electron chi connectivity index (χ2n) is 4.56. The van der Waals surface area contributed by atoms with Gasteiger partial charge in [0.05, 0.1) is 22.8 Å². The number of benzene rings is 1. The number of carbonyl (C=O) groups excluding carboxylic acids is 1. The minimum Gasteiger partial charge on any atom is -0.396 e. The van der Waals surface area contributed by atoms with Crippen molar-refractivity contribution in [2.24, 2.45) is 0 Å². The van der Waals surface area contributed by atoms with Crippen LogP contribution in [0, 0.1) is 31.0 Å². The summed E-state index contributed by atoms with van der Waals surface area (Å²) in [5, 5.41) is 15.6. The van der Waals surface area contributed by atoms with E-state index in [1.54, 1.807) is 19.9 Å². The maximum Gasteiger partial charge on any atom is 0.246 e. The van der Waals surface area contributed by atoms with E-state index in [1.165, 1.54) is 16.8 Å². The lowest BCUT2D eigenvalue weighted by molar-refractivity contribution is -0.116. The molecule has 0 radical (unpaired) electrons. The Morgan fingerprint density at radius 2 is 2.24 bits per heavy atom. The molecule has 0 bridgehead atoms. The normalized spacial score (nSPS) is 10.2. The van der Waals surface area contributed by atoms with Crippen LogP contribution in [0.25, 0.3) is 0 Å². The summed E-state index contributed by atoms with van der Waals surface area (Å²) in [6.07, 6.45) is 0. The van der Waals surface area contributed by atoms with Crippen molar-refractivity contribution in [3.05, 3.63) is 41.0 Å². The number of rotatable bonds is 3. The lowest BCUT2D eigenvalue weighted by Crippen LogP contribution is -2.21. The van der Waals surface area contributed by atoms with Crippen LogP contribution in [-0.2, 0) is 11.3 Å². The van der Waals surface area contributed by atoms with Crippen molar-refractivity contribution >= 4 is 17.3 Å². The first-order chi connectivity index (χ1) is 9.93. The summed E-state index contributed by atoms with van der Waals surface area (Å²) in [4.78, 5) is 12.0.